The Morgan fingerprint density at radius 1 is 1.37 bits per heavy atom. The fourth-order valence-corrected chi connectivity index (χ4v) is 2.89. The Hall–Kier alpha value is -1.43. The van der Waals surface area contributed by atoms with Crippen LogP contribution < -0.4 is 0 Å². The van der Waals surface area contributed by atoms with Crippen LogP contribution in [0.3, 0.4) is 0 Å². The number of rotatable bonds is 5. The van der Waals surface area contributed by atoms with E-state index in [-0.39, 0.29) is 13.0 Å². The van der Waals surface area contributed by atoms with Gasteiger partial charge in [0.1, 0.15) is 0 Å². The summed E-state index contributed by atoms with van der Waals surface area (Å²) >= 11 is 1.58. The molecule has 19 heavy (non-hydrogen) atoms. The fourth-order valence-electron chi connectivity index (χ4n) is 1.91. The van der Waals surface area contributed by atoms with Crippen LogP contribution in [0, 0.1) is 0 Å². The Balaban J connectivity index is 2.10. The maximum atomic E-state index is 11.3. The van der Waals surface area contributed by atoms with E-state index in [1.54, 1.807) is 18.3 Å². The third kappa shape index (κ3) is 3.12. The Morgan fingerprint density at radius 3 is 2.84 bits per heavy atom. The number of aliphatic hydroxyl groups is 2. The molecule has 1 heterocycles. The highest BCUT2D eigenvalue weighted by atomic mass is 32.1. The summed E-state index contributed by atoms with van der Waals surface area (Å²) in [7, 11) is 0. The molecule has 2 rings (SSSR count). The van der Waals surface area contributed by atoms with Crippen molar-refractivity contribution in [1.29, 1.82) is 0 Å². The molecule has 0 spiro atoms. The van der Waals surface area contributed by atoms with Gasteiger partial charge in [-0.25, -0.2) is 4.79 Å². The average molecular weight is 280 g/mol. The first-order chi connectivity index (χ1) is 9.13. The van der Waals surface area contributed by atoms with Crippen molar-refractivity contribution in [1.82, 2.24) is 0 Å². The van der Waals surface area contributed by atoms with Crippen LogP contribution in [0.1, 0.15) is 12.5 Å². The Bertz CT molecular complexity index is 563. The smallest absolute Gasteiger partial charge is 0.337 e. The van der Waals surface area contributed by atoms with Gasteiger partial charge in [-0.05, 0) is 29.3 Å². The Kier molecular flexibility index (Phi) is 4.52. The van der Waals surface area contributed by atoms with Crippen LogP contribution in [-0.2, 0) is 16.0 Å². The molecule has 0 bridgehead atoms. The molecule has 0 aliphatic heterocycles. The highest BCUT2D eigenvalue weighted by Gasteiger charge is 2.26. The molecule has 0 saturated carbocycles. The predicted octanol–water partition coefficient (Wildman–Crippen LogP) is 1.73. The molecule has 2 aromatic rings. The summed E-state index contributed by atoms with van der Waals surface area (Å²) in [5, 5.41) is 22.5. The summed E-state index contributed by atoms with van der Waals surface area (Å²) in [6, 6.07) is 7.83. The fraction of sp³-hybridized carbons (Fsp3) is 0.357. The molecular formula is C14H16O4S. The molecule has 0 saturated heterocycles. The van der Waals surface area contributed by atoms with Crippen molar-refractivity contribution >= 4 is 27.4 Å². The molecular weight excluding hydrogens is 264 g/mol. The van der Waals surface area contributed by atoms with Crippen LogP contribution in [0.25, 0.3) is 10.1 Å². The summed E-state index contributed by atoms with van der Waals surface area (Å²) in [5.41, 5.74) is 0.927. The number of hydrogen-bond donors (Lipinski definition) is 2. The van der Waals surface area contributed by atoms with Crippen molar-refractivity contribution in [2.75, 3.05) is 6.61 Å². The van der Waals surface area contributed by atoms with Gasteiger partial charge in [-0.15, -0.1) is 11.3 Å². The zero-order valence-corrected chi connectivity index (χ0v) is 11.4. The molecule has 102 valence electrons. The van der Waals surface area contributed by atoms with Crippen LogP contribution >= 0.6 is 11.3 Å². The first-order valence-electron chi connectivity index (χ1n) is 6.11. The Morgan fingerprint density at radius 2 is 2.11 bits per heavy atom. The van der Waals surface area contributed by atoms with E-state index in [2.05, 4.69) is 4.74 Å². The maximum absolute atomic E-state index is 11.3. The highest BCUT2D eigenvalue weighted by molar-refractivity contribution is 7.17. The second-order valence-corrected chi connectivity index (χ2v) is 5.14. The van der Waals surface area contributed by atoms with Crippen LogP contribution in [0.5, 0.6) is 0 Å². The van der Waals surface area contributed by atoms with Crippen LogP contribution in [-0.4, -0.2) is 35.0 Å². The van der Waals surface area contributed by atoms with Crippen molar-refractivity contribution in [2.45, 2.75) is 25.6 Å². The van der Waals surface area contributed by atoms with E-state index in [4.69, 9.17) is 0 Å². The lowest BCUT2D eigenvalue weighted by atomic mass is 10.0. The van der Waals surface area contributed by atoms with E-state index in [1.807, 2.05) is 29.6 Å². The molecule has 5 heteroatoms. The molecule has 2 atom stereocenters. The highest BCUT2D eigenvalue weighted by Crippen LogP contribution is 2.26. The number of ether oxygens (including phenoxy) is 1. The number of hydrogen-bond acceptors (Lipinski definition) is 5. The van der Waals surface area contributed by atoms with Gasteiger partial charge in [0.05, 0.1) is 12.7 Å². The van der Waals surface area contributed by atoms with Gasteiger partial charge >= 0.3 is 5.97 Å². The summed E-state index contributed by atoms with van der Waals surface area (Å²) in [6.07, 6.45) is -2.43. The molecule has 1 aromatic heterocycles. The van der Waals surface area contributed by atoms with Crippen molar-refractivity contribution in [3.05, 3.63) is 35.2 Å². The third-order valence-electron chi connectivity index (χ3n) is 2.88. The van der Waals surface area contributed by atoms with Crippen molar-refractivity contribution in [3.8, 4) is 0 Å². The van der Waals surface area contributed by atoms with Crippen molar-refractivity contribution in [3.63, 3.8) is 0 Å². The van der Waals surface area contributed by atoms with Gasteiger partial charge in [-0.3, -0.25) is 0 Å². The lowest BCUT2D eigenvalue weighted by Crippen LogP contribution is -2.36. The van der Waals surface area contributed by atoms with Gasteiger partial charge in [-0.2, -0.15) is 0 Å². The van der Waals surface area contributed by atoms with Crippen molar-refractivity contribution < 1.29 is 19.7 Å². The minimum absolute atomic E-state index is 0.185. The molecule has 0 unspecified atom stereocenters. The summed E-state index contributed by atoms with van der Waals surface area (Å²) in [6.45, 7) is 1.84. The van der Waals surface area contributed by atoms with E-state index < -0.39 is 18.2 Å². The topological polar surface area (TPSA) is 66.8 Å². The van der Waals surface area contributed by atoms with E-state index in [0.717, 1.165) is 15.6 Å². The monoisotopic (exact) mass is 280 g/mol. The first kappa shape index (κ1) is 14.0. The molecule has 0 fully saturated rings. The van der Waals surface area contributed by atoms with Crippen molar-refractivity contribution in [2.24, 2.45) is 0 Å². The van der Waals surface area contributed by atoms with Crippen LogP contribution in [0.15, 0.2) is 29.6 Å². The van der Waals surface area contributed by atoms with Crippen LogP contribution in [0.4, 0.5) is 0 Å². The second-order valence-electron chi connectivity index (χ2n) is 4.23. The van der Waals surface area contributed by atoms with E-state index in [1.165, 1.54) is 0 Å². The normalized spacial score (nSPS) is 14.3. The number of carbonyl (C=O) groups is 1. The first-order valence-corrected chi connectivity index (χ1v) is 6.99. The number of aliphatic hydroxyl groups excluding tert-OH is 2. The second kappa shape index (κ2) is 6.14. The molecule has 1 aromatic carbocycles. The number of esters is 1. The van der Waals surface area contributed by atoms with Gasteiger partial charge in [0.25, 0.3) is 0 Å². The standard InChI is InChI=1S/C14H16O4S/c1-2-18-14(17)13(16)11(15)7-9-8-19-12-6-4-3-5-10(9)12/h3-6,8,11,13,15-16H,2,7H2,1H3/t11-,13+/m1/s1. The lowest BCUT2D eigenvalue weighted by molar-refractivity contribution is -0.159. The molecule has 0 aliphatic rings. The zero-order chi connectivity index (χ0) is 13.8. The number of thiophene rings is 1. The van der Waals surface area contributed by atoms with Crippen LogP contribution in [0.2, 0.25) is 0 Å². The molecule has 2 N–H and O–H groups in total. The quantitative estimate of drug-likeness (QED) is 0.819. The van der Waals surface area contributed by atoms with Gasteiger partial charge in [0.2, 0.25) is 0 Å². The lowest BCUT2D eigenvalue weighted by Gasteiger charge is -2.15. The van der Waals surface area contributed by atoms with E-state index >= 15 is 0 Å². The number of carbonyl (C=O) groups excluding carboxylic acids is 1. The maximum Gasteiger partial charge on any atom is 0.337 e. The van der Waals surface area contributed by atoms with Gasteiger partial charge < -0.3 is 14.9 Å². The minimum Gasteiger partial charge on any atom is -0.464 e. The van der Waals surface area contributed by atoms with E-state index in [9.17, 15) is 15.0 Å². The Labute approximate surface area is 115 Å². The summed E-state index contributed by atoms with van der Waals surface area (Å²) in [5.74, 6) is -0.783. The molecule has 0 radical (unpaired) electrons. The summed E-state index contributed by atoms with van der Waals surface area (Å²) < 4.78 is 5.81. The van der Waals surface area contributed by atoms with E-state index in [0.29, 0.717) is 0 Å². The zero-order valence-electron chi connectivity index (χ0n) is 10.6. The average Bonchev–Trinajstić information content (AvgIpc) is 2.81. The van der Waals surface area contributed by atoms with Gasteiger partial charge in [0.15, 0.2) is 6.10 Å². The van der Waals surface area contributed by atoms with Gasteiger partial charge in [0, 0.05) is 11.1 Å². The number of benzene rings is 1. The predicted molar refractivity (Wildman–Crippen MR) is 74.2 cm³/mol. The van der Waals surface area contributed by atoms with Gasteiger partial charge in [-0.1, -0.05) is 18.2 Å². The SMILES string of the molecule is CCOC(=O)[C@@H](O)[C@H](O)Cc1csc2ccccc12. The molecule has 0 aliphatic carbocycles. The number of fused-ring (bicyclic) bond motifs is 1. The largest absolute Gasteiger partial charge is 0.464 e. The summed E-state index contributed by atoms with van der Waals surface area (Å²) in [4.78, 5) is 11.3. The third-order valence-corrected chi connectivity index (χ3v) is 3.90. The molecule has 0 amide bonds. The minimum atomic E-state index is -1.50. The molecule has 4 nitrogen and oxygen atoms in total.